The number of amidine groups is 1. The zero-order valence-corrected chi connectivity index (χ0v) is 12.2. The highest BCUT2D eigenvalue weighted by Crippen LogP contribution is 2.16. The average Bonchev–Trinajstić information content (AvgIpc) is 2.33. The maximum absolute atomic E-state index is 7.56. The van der Waals surface area contributed by atoms with E-state index in [0.717, 1.165) is 24.6 Å². The second kappa shape index (κ2) is 7.09. The average molecular weight is 264 g/mol. The molecule has 0 bridgehead atoms. The molecular formula is C14H24N4O. The van der Waals surface area contributed by atoms with Crippen molar-refractivity contribution in [2.24, 2.45) is 11.7 Å². The molecule has 0 aromatic carbocycles. The molecule has 3 N–H and O–H groups in total. The first-order chi connectivity index (χ1) is 8.93. The standard InChI is InChI=1S/C14H24N4O/c1-10(2)9-18(5-6-19-4)13-8-12(14(15)16)7-11(3)17-13/h7-8,10H,5-6,9H2,1-4H3,(H3,15,16). The highest BCUT2D eigenvalue weighted by atomic mass is 16.5. The van der Waals surface area contributed by atoms with Crippen molar-refractivity contribution in [2.45, 2.75) is 20.8 Å². The third kappa shape index (κ3) is 4.87. The largest absolute Gasteiger partial charge is 0.384 e. The first-order valence-electron chi connectivity index (χ1n) is 6.51. The number of nitrogen functional groups attached to an aromatic ring is 1. The summed E-state index contributed by atoms with van der Waals surface area (Å²) in [5, 5.41) is 7.56. The van der Waals surface area contributed by atoms with Crippen molar-refractivity contribution in [3.05, 3.63) is 23.4 Å². The summed E-state index contributed by atoms with van der Waals surface area (Å²) < 4.78 is 5.15. The number of nitrogens with two attached hydrogens (primary N) is 1. The lowest BCUT2D eigenvalue weighted by molar-refractivity contribution is 0.204. The number of rotatable bonds is 7. The number of nitrogens with one attached hydrogen (secondary N) is 1. The first-order valence-corrected chi connectivity index (χ1v) is 6.51. The molecule has 0 saturated heterocycles. The zero-order chi connectivity index (χ0) is 14.4. The summed E-state index contributed by atoms with van der Waals surface area (Å²) in [6.45, 7) is 8.58. The van der Waals surface area contributed by atoms with Gasteiger partial charge in [0.15, 0.2) is 0 Å². The van der Waals surface area contributed by atoms with Crippen LogP contribution in [0.15, 0.2) is 12.1 Å². The number of hydrogen-bond acceptors (Lipinski definition) is 4. The van der Waals surface area contributed by atoms with Gasteiger partial charge in [-0.05, 0) is 25.0 Å². The second-order valence-electron chi connectivity index (χ2n) is 5.10. The fourth-order valence-corrected chi connectivity index (χ4v) is 1.91. The Morgan fingerprint density at radius 2 is 2.16 bits per heavy atom. The van der Waals surface area contributed by atoms with Gasteiger partial charge in [-0.3, -0.25) is 5.41 Å². The molecule has 1 heterocycles. The molecule has 0 amide bonds. The van der Waals surface area contributed by atoms with Crippen LogP contribution in [-0.2, 0) is 4.74 Å². The van der Waals surface area contributed by atoms with Gasteiger partial charge < -0.3 is 15.4 Å². The van der Waals surface area contributed by atoms with E-state index in [0.29, 0.717) is 18.1 Å². The van der Waals surface area contributed by atoms with Crippen molar-refractivity contribution in [1.82, 2.24) is 4.98 Å². The van der Waals surface area contributed by atoms with E-state index in [2.05, 4.69) is 23.7 Å². The van der Waals surface area contributed by atoms with Crippen LogP contribution in [0.2, 0.25) is 0 Å². The number of hydrogen-bond donors (Lipinski definition) is 2. The Balaban J connectivity index is 3.02. The van der Waals surface area contributed by atoms with Crippen LogP contribution in [0, 0.1) is 18.3 Å². The fraction of sp³-hybridized carbons (Fsp3) is 0.571. The molecule has 0 aliphatic rings. The summed E-state index contributed by atoms with van der Waals surface area (Å²) >= 11 is 0. The second-order valence-corrected chi connectivity index (χ2v) is 5.10. The van der Waals surface area contributed by atoms with Crippen molar-refractivity contribution >= 4 is 11.7 Å². The number of nitrogens with zero attached hydrogens (tertiary/aromatic N) is 2. The first kappa shape index (κ1) is 15.4. The highest BCUT2D eigenvalue weighted by molar-refractivity contribution is 5.95. The van der Waals surface area contributed by atoms with Gasteiger partial charge in [0.1, 0.15) is 11.7 Å². The van der Waals surface area contributed by atoms with E-state index in [9.17, 15) is 0 Å². The quantitative estimate of drug-likeness (QED) is 0.581. The molecule has 0 unspecified atom stereocenters. The molecule has 1 rings (SSSR count). The molecule has 0 atom stereocenters. The summed E-state index contributed by atoms with van der Waals surface area (Å²) in [7, 11) is 1.69. The Morgan fingerprint density at radius 1 is 1.47 bits per heavy atom. The molecule has 106 valence electrons. The predicted molar refractivity (Wildman–Crippen MR) is 78.9 cm³/mol. The Labute approximate surface area is 115 Å². The molecule has 1 aromatic rings. The number of methoxy groups -OCH3 is 1. The molecule has 0 saturated carbocycles. The molecule has 0 fully saturated rings. The van der Waals surface area contributed by atoms with Gasteiger partial charge in [-0.25, -0.2) is 4.98 Å². The minimum atomic E-state index is 0.0722. The normalized spacial score (nSPS) is 10.8. The van der Waals surface area contributed by atoms with Crippen LogP contribution in [0.25, 0.3) is 0 Å². The Morgan fingerprint density at radius 3 is 2.68 bits per heavy atom. The smallest absolute Gasteiger partial charge is 0.129 e. The molecular weight excluding hydrogens is 240 g/mol. The summed E-state index contributed by atoms with van der Waals surface area (Å²) in [4.78, 5) is 6.71. The highest BCUT2D eigenvalue weighted by Gasteiger charge is 2.12. The van der Waals surface area contributed by atoms with E-state index >= 15 is 0 Å². The van der Waals surface area contributed by atoms with Crippen LogP contribution in [0.1, 0.15) is 25.1 Å². The van der Waals surface area contributed by atoms with E-state index in [1.807, 2.05) is 19.1 Å². The van der Waals surface area contributed by atoms with Gasteiger partial charge in [0.25, 0.3) is 0 Å². The van der Waals surface area contributed by atoms with E-state index in [1.54, 1.807) is 7.11 Å². The van der Waals surface area contributed by atoms with Crippen LogP contribution in [-0.4, -0.2) is 37.6 Å². The van der Waals surface area contributed by atoms with Gasteiger partial charge in [-0.2, -0.15) is 0 Å². The summed E-state index contributed by atoms with van der Waals surface area (Å²) in [6, 6.07) is 3.70. The molecule has 0 aliphatic carbocycles. The lowest BCUT2D eigenvalue weighted by atomic mass is 10.1. The minimum absolute atomic E-state index is 0.0722. The summed E-state index contributed by atoms with van der Waals surface area (Å²) in [5.41, 5.74) is 7.15. The van der Waals surface area contributed by atoms with Crippen LogP contribution < -0.4 is 10.6 Å². The van der Waals surface area contributed by atoms with Crippen LogP contribution >= 0.6 is 0 Å². The lowest BCUT2D eigenvalue weighted by Gasteiger charge is -2.26. The van der Waals surface area contributed by atoms with Crippen molar-refractivity contribution in [1.29, 1.82) is 5.41 Å². The van der Waals surface area contributed by atoms with Crippen molar-refractivity contribution in [3.63, 3.8) is 0 Å². The summed E-state index contributed by atoms with van der Waals surface area (Å²) in [5.74, 6) is 1.46. The minimum Gasteiger partial charge on any atom is -0.384 e. The SMILES string of the molecule is COCCN(CC(C)C)c1cc(C(=N)N)cc(C)n1. The third-order valence-electron chi connectivity index (χ3n) is 2.73. The Bertz CT molecular complexity index is 431. The maximum atomic E-state index is 7.56. The fourth-order valence-electron chi connectivity index (χ4n) is 1.91. The molecule has 0 spiro atoms. The Hall–Kier alpha value is -1.62. The number of anilines is 1. The molecule has 5 nitrogen and oxygen atoms in total. The van der Waals surface area contributed by atoms with Crippen LogP contribution in [0.4, 0.5) is 5.82 Å². The third-order valence-corrected chi connectivity index (χ3v) is 2.73. The van der Waals surface area contributed by atoms with Crippen LogP contribution in [0.5, 0.6) is 0 Å². The van der Waals surface area contributed by atoms with Crippen molar-refractivity contribution < 1.29 is 4.74 Å². The molecule has 0 aliphatic heterocycles. The maximum Gasteiger partial charge on any atom is 0.129 e. The number of aromatic nitrogens is 1. The van der Waals surface area contributed by atoms with Crippen molar-refractivity contribution in [3.8, 4) is 0 Å². The van der Waals surface area contributed by atoms with Gasteiger partial charge in [-0.15, -0.1) is 0 Å². The van der Waals surface area contributed by atoms with Crippen molar-refractivity contribution in [2.75, 3.05) is 31.7 Å². The molecule has 19 heavy (non-hydrogen) atoms. The topological polar surface area (TPSA) is 75.2 Å². The van der Waals surface area contributed by atoms with E-state index < -0.39 is 0 Å². The number of ether oxygens (including phenoxy) is 1. The Kier molecular flexibility index (Phi) is 5.76. The van der Waals surface area contributed by atoms with Gasteiger partial charge >= 0.3 is 0 Å². The van der Waals surface area contributed by atoms with Crippen LogP contribution in [0.3, 0.4) is 0 Å². The van der Waals surface area contributed by atoms with Gasteiger partial charge in [0.2, 0.25) is 0 Å². The van der Waals surface area contributed by atoms with Gasteiger partial charge in [-0.1, -0.05) is 13.8 Å². The van der Waals surface area contributed by atoms with E-state index in [4.69, 9.17) is 15.9 Å². The van der Waals surface area contributed by atoms with Gasteiger partial charge in [0.05, 0.1) is 6.61 Å². The summed E-state index contributed by atoms with van der Waals surface area (Å²) in [6.07, 6.45) is 0. The lowest BCUT2D eigenvalue weighted by Crippen LogP contribution is -2.32. The number of pyridine rings is 1. The van der Waals surface area contributed by atoms with E-state index in [1.165, 1.54) is 0 Å². The monoisotopic (exact) mass is 264 g/mol. The number of aryl methyl sites for hydroxylation is 1. The van der Waals surface area contributed by atoms with E-state index in [-0.39, 0.29) is 5.84 Å². The molecule has 1 aromatic heterocycles. The van der Waals surface area contributed by atoms with Gasteiger partial charge in [0, 0.05) is 31.5 Å². The molecule has 0 radical (unpaired) electrons. The zero-order valence-electron chi connectivity index (χ0n) is 12.2. The predicted octanol–water partition coefficient (Wildman–Crippen LogP) is 1.78. The molecule has 5 heteroatoms.